The van der Waals surface area contributed by atoms with Gasteiger partial charge in [0.25, 0.3) is 0 Å². The van der Waals surface area contributed by atoms with Crippen LogP contribution in [0.2, 0.25) is 0 Å². The monoisotopic (exact) mass is 271 g/mol. The molecular formula is C18H25NO. The molecule has 2 nitrogen and oxygen atoms in total. The summed E-state index contributed by atoms with van der Waals surface area (Å²) in [4.78, 5) is 0. The molecule has 0 spiro atoms. The third kappa shape index (κ3) is 3.06. The van der Waals surface area contributed by atoms with Crippen LogP contribution in [0.25, 0.3) is 6.08 Å². The highest BCUT2D eigenvalue weighted by Gasteiger charge is 2.16. The molecule has 0 atom stereocenters. The Morgan fingerprint density at radius 3 is 2.60 bits per heavy atom. The molecule has 20 heavy (non-hydrogen) atoms. The molecular weight excluding hydrogens is 246 g/mol. The smallest absolute Gasteiger partial charge is 0.126 e. The highest BCUT2D eigenvalue weighted by Crippen LogP contribution is 2.33. The molecule has 108 valence electrons. The number of hydrogen-bond acceptors (Lipinski definition) is 2. The zero-order valence-electron chi connectivity index (χ0n) is 12.5. The van der Waals surface area contributed by atoms with Crippen molar-refractivity contribution in [3.8, 4) is 5.75 Å². The number of ether oxygens (including phenoxy) is 1. The summed E-state index contributed by atoms with van der Waals surface area (Å²) in [5.74, 6) is 1.73. The van der Waals surface area contributed by atoms with Gasteiger partial charge in [-0.15, -0.1) is 0 Å². The predicted molar refractivity (Wildman–Crippen MR) is 84.3 cm³/mol. The Morgan fingerprint density at radius 1 is 1.15 bits per heavy atom. The summed E-state index contributed by atoms with van der Waals surface area (Å²) in [6.07, 6.45) is 10.1. The second-order valence-electron chi connectivity index (χ2n) is 6.04. The lowest BCUT2D eigenvalue weighted by Crippen LogP contribution is -2.26. The van der Waals surface area contributed by atoms with E-state index in [1.54, 1.807) is 12.7 Å². The van der Waals surface area contributed by atoms with Crippen molar-refractivity contribution in [3.63, 3.8) is 0 Å². The van der Waals surface area contributed by atoms with Crippen molar-refractivity contribution in [2.45, 2.75) is 44.4 Å². The van der Waals surface area contributed by atoms with Gasteiger partial charge in [0.15, 0.2) is 0 Å². The van der Waals surface area contributed by atoms with Crippen molar-refractivity contribution in [3.05, 3.63) is 34.9 Å². The number of hydrogen-bond donors (Lipinski definition) is 1. The van der Waals surface area contributed by atoms with Crippen LogP contribution in [0.4, 0.5) is 0 Å². The molecule has 2 fully saturated rings. The van der Waals surface area contributed by atoms with Crippen LogP contribution in [-0.4, -0.2) is 20.2 Å². The number of rotatable bonds is 3. The molecule has 0 aromatic heterocycles. The first-order valence-corrected chi connectivity index (χ1v) is 7.95. The minimum atomic E-state index is 0.711. The van der Waals surface area contributed by atoms with Crippen molar-refractivity contribution < 1.29 is 4.74 Å². The van der Waals surface area contributed by atoms with E-state index in [1.165, 1.54) is 49.7 Å². The largest absolute Gasteiger partial charge is 0.496 e. The molecule has 1 aromatic carbocycles. The van der Waals surface area contributed by atoms with Crippen molar-refractivity contribution in [2.24, 2.45) is 0 Å². The lowest BCUT2D eigenvalue weighted by molar-refractivity contribution is 0.412. The van der Waals surface area contributed by atoms with E-state index in [0.29, 0.717) is 5.92 Å². The Kier molecular flexibility index (Phi) is 4.41. The Hall–Kier alpha value is -1.28. The number of piperidine rings is 1. The van der Waals surface area contributed by atoms with Crippen LogP contribution in [0.1, 0.15) is 55.6 Å². The van der Waals surface area contributed by atoms with Gasteiger partial charge in [0.2, 0.25) is 0 Å². The lowest BCUT2D eigenvalue weighted by Gasteiger charge is -2.23. The van der Waals surface area contributed by atoms with E-state index in [9.17, 15) is 0 Å². The Labute approximate surface area is 122 Å². The first-order valence-electron chi connectivity index (χ1n) is 7.95. The highest BCUT2D eigenvalue weighted by molar-refractivity contribution is 5.61. The molecule has 1 saturated carbocycles. The van der Waals surface area contributed by atoms with Gasteiger partial charge in [-0.1, -0.05) is 17.7 Å². The van der Waals surface area contributed by atoms with Gasteiger partial charge in [-0.3, -0.25) is 0 Å². The average Bonchev–Trinajstić information content (AvgIpc) is 3.01. The van der Waals surface area contributed by atoms with Crippen LogP contribution in [0.3, 0.4) is 0 Å². The zero-order chi connectivity index (χ0) is 13.8. The standard InChI is InChI=1S/C18H25NO/c1-20-18-7-6-16(15-8-10-19-11-9-15)13-17(18)12-14-4-2-3-5-14/h6-7,12-13,15,19H,2-5,8-11H2,1H3. The van der Waals surface area contributed by atoms with Gasteiger partial charge in [-0.2, -0.15) is 0 Å². The Morgan fingerprint density at radius 2 is 1.90 bits per heavy atom. The third-order valence-corrected chi connectivity index (χ3v) is 4.67. The van der Waals surface area contributed by atoms with Gasteiger partial charge in [0.1, 0.15) is 5.75 Å². The first-order chi connectivity index (χ1) is 9.86. The maximum atomic E-state index is 5.54. The Bertz CT molecular complexity index is 478. The fourth-order valence-electron chi connectivity index (χ4n) is 3.47. The van der Waals surface area contributed by atoms with Gasteiger partial charge < -0.3 is 10.1 Å². The van der Waals surface area contributed by atoms with Gasteiger partial charge in [0.05, 0.1) is 7.11 Å². The van der Waals surface area contributed by atoms with E-state index >= 15 is 0 Å². The topological polar surface area (TPSA) is 21.3 Å². The van der Waals surface area contributed by atoms with Crippen molar-refractivity contribution in [1.82, 2.24) is 5.32 Å². The van der Waals surface area contributed by atoms with Crippen LogP contribution >= 0.6 is 0 Å². The van der Waals surface area contributed by atoms with Crippen LogP contribution in [-0.2, 0) is 0 Å². The second-order valence-corrected chi connectivity index (χ2v) is 6.04. The van der Waals surface area contributed by atoms with E-state index in [1.807, 2.05) is 0 Å². The molecule has 2 aliphatic rings. The van der Waals surface area contributed by atoms with Gasteiger partial charge in [-0.05, 0) is 75.2 Å². The molecule has 0 amide bonds. The van der Waals surface area contributed by atoms with Crippen molar-refractivity contribution in [2.75, 3.05) is 20.2 Å². The van der Waals surface area contributed by atoms with Crippen LogP contribution < -0.4 is 10.1 Å². The number of benzene rings is 1. The summed E-state index contributed by atoms with van der Waals surface area (Å²) in [7, 11) is 1.77. The van der Waals surface area contributed by atoms with E-state index in [0.717, 1.165) is 18.8 Å². The van der Waals surface area contributed by atoms with E-state index < -0.39 is 0 Å². The SMILES string of the molecule is COc1ccc(C2CCNCC2)cc1C=C1CCCC1. The maximum absolute atomic E-state index is 5.54. The van der Waals surface area contributed by atoms with E-state index in [4.69, 9.17) is 4.74 Å². The Balaban J connectivity index is 1.87. The molecule has 3 rings (SSSR count). The quantitative estimate of drug-likeness (QED) is 0.893. The van der Waals surface area contributed by atoms with Crippen molar-refractivity contribution >= 4 is 6.08 Å². The maximum Gasteiger partial charge on any atom is 0.126 e. The van der Waals surface area contributed by atoms with Gasteiger partial charge in [-0.25, -0.2) is 0 Å². The number of nitrogens with one attached hydrogen (secondary N) is 1. The molecule has 1 aliphatic heterocycles. The molecule has 1 aromatic rings. The summed E-state index contributed by atoms with van der Waals surface area (Å²) >= 11 is 0. The molecule has 2 heteroatoms. The first kappa shape index (κ1) is 13.7. The third-order valence-electron chi connectivity index (χ3n) is 4.67. The average molecular weight is 271 g/mol. The summed E-state index contributed by atoms with van der Waals surface area (Å²) in [5.41, 5.74) is 4.35. The van der Waals surface area contributed by atoms with Crippen molar-refractivity contribution in [1.29, 1.82) is 0 Å². The fraction of sp³-hybridized carbons (Fsp3) is 0.556. The number of allylic oxidation sites excluding steroid dienone is 1. The molecule has 1 heterocycles. The van der Waals surface area contributed by atoms with E-state index in [-0.39, 0.29) is 0 Å². The van der Waals surface area contributed by atoms with Crippen LogP contribution in [0, 0.1) is 0 Å². The van der Waals surface area contributed by atoms with E-state index in [2.05, 4.69) is 29.6 Å². The molecule has 1 aliphatic carbocycles. The zero-order valence-corrected chi connectivity index (χ0v) is 12.5. The fourth-order valence-corrected chi connectivity index (χ4v) is 3.47. The summed E-state index contributed by atoms with van der Waals surface area (Å²) < 4.78 is 5.54. The summed E-state index contributed by atoms with van der Waals surface area (Å²) in [6, 6.07) is 6.77. The molecule has 0 radical (unpaired) electrons. The highest BCUT2D eigenvalue weighted by atomic mass is 16.5. The minimum absolute atomic E-state index is 0.711. The molecule has 0 bridgehead atoms. The predicted octanol–water partition coefficient (Wildman–Crippen LogP) is 4.12. The number of methoxy groups -OCH3 is 1. The normalized spacial score (nSPS) is 20.1. The molecule has 1 saturated heterocycles. The molecule has 1 N–H and O–H groups in total. The second kappa shape index (κ2) is 6.45. The van der Waals surface area contributed by atoms with Gasteiger partial charge >= 0.3 is 0 Å². The summed E-state index contributed by atoms with van der Waals surface area (Å²) in [6.45, 7) is 2.29. The lowest BCUT2D eigenvalue weighted by atomic mass is 9.89. The van der Waals surface area contributed by atoms with Crippen LogP contribution in [0.5, 0.6) is 5.75 Å². The van der Waals surface area contributed by atoms with Crippen LogP contribution in [0.15, 0.2) is 23.8 Å². The summed E-state index contributed by atoms with van der Waals surface area (Å²) in [5, 5.41) is 3.44. The molecule has 0 unspecified atom stereocenters. The van der Waals surface area contributed by atoms with Gasteiger partial charge in [0, 0.05) is 5.56 Å². The minimum Gasteiger partial charge on any atom is -0.496 e.